The summed E-state index contributed by atoms with van der Waals surface area (Å²) in [6.45, 7) is 4.29. The van der Waals surface area contributed by atoms with E-state index >= 15 is 0 Å². The molecule has 2 aromatic carbocycles. The van der Waals surface area contributed by atoms with Gasteiger partial charge in [0.25, 0.3) is 0 Å². The van der Waals surface area contributed by atoms with E-state index in [9.17, 15) is 13.2 Å². The molecular formula is C23H27BrN2O4S. The van der Waals surface area contributed by atoms with E-state index in [-0.39, 0.29) is 18.4 Å². The number of carbonyl (C=O) groups excluding carboxylic acids is 1. The smallest absolute Gasteiger partial charge is 0.238 e. The zero-order chi connectivity index (χ0) is 22.9. The fraction of sp³-hybridized carbons (Fsp3) is 0.348. The Labute approximate surface area is 193 Å². The molecular weight excluding hydrogens is 480 g/mol. The highest BCUT2D eigenvalue weighted by atomic mass is 79.9. The molecule has 2 aromatic rings. The molecule has 0 aliphatic rings. The van der Waals surface area contributed by atoms with Gasteiger partial charge >= 0.3 is 0 Å². The molecule has 0 aromatic heterocycles. The molecule has 0 radical (unpaired) electrons. The zero-order valence-corrected chi connectivity index (χ0v) is 20.2. The first kappa shape index (κ1) is 24.9. The van der Waals surface area contributed by atoms with Gasteiger partial charge in [-0.05, 0) is 54.3 Å². The van der Waals surface area contributed by atoms with E-state index in [0.29, 0.717) is 13.0 Å². The molecule has 1 atom stereocenters. The summed E-state index contributed by atoms with van der Waals surface area (Å²) in [5, 5.41) is 2.79. The predicted octanol–water partition coefficient (Wildman–Crippen LogP) is 3.11. The number of amides is 1. The Balaban J connectivity index is 1.78. The summed E-state index contributed by atoms with van der Waals surface area (Å²) in [7, 11) is -3.46. The lowest BCUT2D eigenvalue weighted by molar-refractivity contribution is -0.123. The maximum atomic E-state index is 12.3. The third-order valence-corrected chi connectivity index (χ3v) is 5.53. The van der Waals surface area contributed by atoms with Crippen molar-refractivity contribution in [3.05, 3.63) is 64.1 Å². The zero-order valence-electron chi connectivity index (χ0n) is 17.8. The van der Waals surface area contributed by atoms with E-state index in [0.717, 1.165) is 27.6 Å². The molecule has 0 saturated carbocycles. The van der Waals surface area contributed by atoms with Crippen LogP contribution < -0.4 is 14.8 Å². The van der Waals surface area contributed by atoms with Gasteiger partial charge < -0.3 is 10.1 Å². The Morgan fingerprint density at radius 1 is 1.10 bits per heavy atom. The molecule has 0 saturated heterocycles. The van der Waals surface area contributed by atoms with Crippen LogP contribution >= 0.6 is 15.9 Å². The van der Waals surface area contributed by atoms with Crippen LogP contribution in [0.25, 0.3) is 0 Å². The molecule has 166 valence electrons. The molecule has 0 aliphatic carbocycles. The van der Waals surface area contributed by atoms with Gasteiger partial charge in [-0.3, -0.25) is 4.79 Å². The van der Waals surface area contributed by atoms with Gasteiger partial charge in [0, 0.05) is 16.6 Å². The maximum absolute atomic E-state index is 12.3. The SMILES string of the molecule is CC(C)C(NS(C)(=O)=O)C(=O)NCCc1ccc(OCC#Cc2ccc(Br)cc2)cc1. The lowest BCUT2D eigenvalue weighted by Crippen LogP contribution is -2.49. The van der Waals surface area contributed by atoms with Crippen LogP contribution in [0.1, 0.15) is 25.0 Å². The second-order valence-corrected chi connectivity index (χ2v) is 10.1. The standard InChI is InChI=1S/C23H27BrN2O4S/c1-17(2)22(26-31(3,28)29)23(27)25-15-14-19-8-12-21(13-9-19)30-16-4-5-18-6-10-20(24)11-7-18/h6-13,17,22,26H,14-16H2,1-3H3,(H,25,27). The maximum Gasteiger partial charge on any atom is 0.238 e. The summed E-state index contributed by atoms with van der Waals surface area (Å²) in [6, 6.07) is 14.5. The highest BCUT2D eigenvalue weighted by Gasteiger charge is 2.24. The van der Waals surface area contributed by atoms with E-state index < -0.39 is 16.1 Å². The topological polar surface area (TPSA) is 84.5 Å². The molecule has 0 spiro atoms. The molecule has 2 N–H and O–H groups in total. The molecule has 0 fully saturated rings. The molecule has 0 aliphatic heterocycles. The van der Waals surface area contributed by atoms with E-state index in [1.807, 2.05) is 48.5 Å². The number of nitrogens with one attached hydrogen (secondary N) is 2. The first-order valence-electron chi connectivity index (χ1n) is 9.85. The minimum absolute atomic E-state index is 0.155. The minimum Gasteiger partial charge on any atom is -0.481 e. The van der Waals surface area contributed by atoms with Gasteiger partial charge in [-0.2, -0.15) is 0 Å². The Kier molecular flexibility index (Phi) is 9.56. The number of halogens is 1. The van der Waals surface area contributed by atoms with Crippen molar-refractivity contribution in [2.24, 2.45) is 5.92 Å². The number of benzene rings is 2. The number of ether oxygens (including phenoxy) is 1. The Morgan fingerprint density at radius 3 is 2.32 bits per heavy atom. The first-order valence-corrected chi connectivity index (χ1v) is 12.5. The lowest BCUT2D eigenvalue weighted by Gasteiger charge is -2.20. The second-order valence-electron chi connectivity index (χ2n) is 7.39. The van der Waals surface area contributed by atoms with E-state index in [4.69, 9.17) is 4.74 Å². The van der Waals surface area contributed by atoms with Crippen molar-refractivity contribution in [3.63, 3.8) is 0 Å². The van der Waals surface area contributed by atoms with E-state index in [2.05, 4.69) is 37.8 Å². The van der Waals surface area contributed by atoms with Crippen LogP contribution in [0.3, 0.4) is 0 Å². The summed E-state index contributed by atoms with van der Waals surface area (Å²) in [5.74, 6) is 6.26. The van der Waals surface area contributed by atoms with Crippen molar-refractivity contribution >= 4 is 31.9 Å². The fourth-order valence-electron chi connectivity index (χ4n) is 2.71. The normalized spacial score (nSPS) is 12.0. The molecule has 8 heteroatoms. The highest BCUT2D eigenvalue weighted by Crippen LogP contribution is 2.13. The van der Waals surface area contributed by atoms with Gasteiger partial charge in [-0.15, -0.1) is 0 Å². The quantitative estimate of drug-likeness (QED) is 0.511. The Hall–Kier alpha value is -2.34. The van der Waals surface area contributed by atoms with Crippen LogP contribution in [0.4, 0.5) is 0 Å². The predicted molar refractivity (Wildman–Crippen MR) is 126 cm³/mol. The summed E-state index contributed by atoms with van der Waals surface area (Å²) in [5.41, 5.74) is 1.96. The monoisotopic (exact) mass is 506 g/mol. The van der Waals surface area contributed by atoms with Gasteiger partial charge in [-0.25, -0.2) is 13.1 Å². The van der Waals surface area contributed by atoms with Crippen LogP contribution in [0, 0.1) is 17.8 Å². The second kappa shape index (κ2) is 11.9. The summed E-state index contributed by atoms with van der Waals surface area (Å²) in [6.07, 6.45) is 1.67. The average molecular weight is 507 g/mol. The van der Waals surface area contributed by atoms with Crippen molar-refractivity contribution < 1.29 is 17.9 Å². The van der Waals surface area contributed by atoms with Crippen LogP contribution in [0.15, 0.2) is 53.0 Å². The number of sulfonamides is 1. The molecule has 2 rings (SSSR count). The van der Waals surface area contributed by atoms with Crippen LogP contribution in [0.2, 0.25) is 0 Å². The van der Waals surface area contributed by atoms with Crippen LogP contribution in [0.5, 0.6) is 5.75 Å². The van der Waals surface area contributed by atoms with Gasteiger partial charge in [0.1, 0.15) is 18.4 Å². The van der Waals surface area contributed by atoms with Gasteiger partial charge in [0.05, 0.1) is 6.26 Å². The molecule has 0 bridgehead atoms. The van der Waals surface area contributed by atoms with Gasteiger partial charge in [0.2, 0.25) is 15.9 Å². The molecule has 31 heavy (non-hydrogen) atoms. The van der Waals surface area contributed by atoms with E-state index in [1.165, 1.54) is 0 Å². The van der Waals surface area contributed by atoms with Crippen molar-refractivity contribution in [1.29, 1.82) is 0 Å². The third kappa shape index (κ3) is 9.55. The molecule has 1 amide bonds. The first-order chi connectivity index (χ1) is 14.6. The Morgan fingerprint density at radius 2 is 1.74 bits per heavy atom. The van der Waals surface area contributed by atoms with Crippen molar-refractivity contribution in [3.8, 4) is 17.6 Å². The van der Waals surface area contributed by atoms with Gasteiger partial charge in [-0.1, -0.05) is 53.8 Å². The number of hydrogen-bond acceptors (Lipinski definition) is 4. The van der Waals surface area contributed by atoms with Crippen molar-refractivity contribution in [1.82, 2.24) is 10.0 Å². The molecule has 0 heterocycles. The largest absolute Gasteiger partial charge is 0.481 e. The highest BCUT2D eigenvalue weighted by molar-refractivity contribution is 9.10. The summed E-state index contributed by atoms with van der Waals surface area (Å²) >= 11 is 3.39. The third-order valence-electron chi connectivity index (χ3n) is 4.31. The van der Waals surface area contributed by atoms with Crippen molar-refractivity contribution in [2.75, 3.05) is 19.4 Å². The van der Waals surface area contributed by atoms with Crippen molar-refractivity contribution in [2.45, 2.75) is 26.3 Å². The fourth-order valence-corrected chi connectivity index (χ4v) is 3.81. The molecule has 6 nitrogen and oxygen atoms in total. The van der Waals surface area contributed by atoms with Crippen LogP contribution in [-0.2, 0) is 21.2 Å². The average Bonchev–Trinajstić information content (AvgIpc) is 2.71. The summed E-state index contributed by atoms with van der Waals surface area (Å²) < 4.78 is 31.9. The minimum atomic E-state index is -3.46. The number of rotatable bonds is 9. The van der Waals surface area contributed by atoms with Crippen LogP contribution in [-0.4, -0.2) is 39.8 Å². The number of carbonyl (C=O) groups is 1. The summed E-state index contributed by atoms with van der Waals surface area (Å²) in [4.78, 5) is 12.3. The van der Waals surface area contributed by atoms with E-state index in [1.54, 1.807) is 13.8 Å². The number of hydrogen-bond donors (Lipinski definition) is 2. The lowest BCUT2D eigenvalue weighted by atomic mass is 10.0. The molecule has 1 unspecified atom stereocenters. The van der Waals surface area contributed by atoms with Gasteiger partial charge in [0.15, 0.2) is 0 Å². The Bertz CT molecular complexity index is 1020.